The van der Waals surface area contributed by atoms with E-state index in [9.17, 15) is 9.59 Å². The maximum Gasteiger partial charge on any atom is 0.635 e. The van der Waals surface area contributed by atoms with Crippen molar-refractivity contribution in [3.05, 3.63) is 0 Å². The summed E-state index contributed by atoms with van der Waals surface area (Å²) >= 11 is 0. The molecule has 1 rings (SSSR count). The summed E-state index contributed by atoms with van der Waals surface area (Å²) in [7, 11) is 1.20. The van der Waals surface area contributed by atoms with Gasteiger partial charge < -0.3 is 18.6 Å². The van der Waals surface area contributed by atoms with E-state index >= 15 is 0 Å². The molecule has 0 saturated carbocycles. The third-order valence-corrected chi connectivity index (χ3v) is 6.25. The monoisotopic (exact) mass is 318 g/mol. The Morgan fingerprint density at radius 1 is 1.29 bits per heavy atom. The first-order valence-corrected chi connectivity index (χ1v) is 8.98. The number of hydrogen-bond acceptors (Lipinski definition) is 5. The van der Waals surface area contributed by atoms with E-state index in [0.29, 0.717) is 19.4 Å². The summed E-state index contributed by atoms with van der Waals surface area (Å²) in [4.78, 5) is 24.5. The largest absolute Gasteiger partial charge is 0.635 e. The molecule has 0 aromatic heterocycles. The van der Waals surface area contributed by atoms with Crippen LogP contribution in [0.15, 0.2) is 0 Å². The summed E-state index contributed by atoms with van der Waals surface area (Å²) in [5, 5.41) is 2.79. The molecular formula is C13H26N2O5Si. The maximum absolute atomic E-state index is 12.8. The predicted octanol–water partition coefficient (Wildman–Crippen LogP) is 0.659. The number of hydrogen-bond donors (Lipinski definition) is 1. The second-order valence-electron chi connectivity index (χ2n) is 4.99. The second kappa shape index (κ2) is 8.47. The molecule has 21 heavy (non-hydrogen) atoms. The van der Waals surface area contributed by atoms with Crippen LogP contribution in [0.25, 0.3) is 0 Å². The molecule has 1 unspecified atom stereocenters. The molecule has 0 radical (unpaired) electrons. The summed E-state index contributed by atoms with van der Waals surface area (Å²) < 4.78 is 17.8. The summed E-state index contributed by atoms with van der Waals surface area (Å²) in [5.41, 5.74) is 0. The molecule has 1 fully saturated rings. The molecule has 2 amide bonds. The second-order valence-corrected chi connectivity index (χ2v) is 7.80. The van der Waals surface area contributed by atoms with E-state index in [1.165, 1.54) is 25.9 Å². The Labute approximate surface area is 127 Å². The first-order chi connectivity index (χ1) is 10.0. The van der Waals surface area contributed by atoms with Crippen LogP contribution in [0.5, 0.6) is 0 Å². The fraction of sp³-hybridized carbons (Fsp3) is 0.846. The summed E-state index contributed by atoms with van der Waals surface area (Å²) in [6.07, 6.45) is 3.50. The minimum atomic E-state index is -3.22. The number of amides is 2. The lowest BCUT2D eigenvalue weighted by molar-refractivity contribution is -0.136. The Morgan fingerprint density at radius 3 is 2.43 bits per heavy atom. The average molecular weight is 318 g/mol. The molecular weight excluding hydrogens is 292 g/mol. The highest BCUT2D eigenvalue weighted by molar-refractivity contribution is 6.60. The minimum absolute atomic E-state index is 0.0817. The highest BCUT2D eigenvalue weighted by atomic mass is 28.4. The molecule has 0 spiro atoms. The van der Waals surface area contributed by atoms with E-state index in [-0.39, 0.29) is 11.8 Å². The van der Waals surface area contributed by atoms with Gasteiger partial charge in [0.15, 0.2) is 0 Å². The molecule has 0 aromatic rings. The summed E-state index contributed by atoms with van der Waals surface area (Å²) in [6.45, 7) is 2.43. The van der Waals surface area contributed by atoms with Crippen molar-refractivity contribution < 1.29 is 22.9 Å². The maximum atomic E-state index is 12.8. The Kier molecular flexibility index (Phi) is 7.30. The zero-order valence-electron chi connectivity index (χ0n) is 13.3. The molecule has 1 aliphatic rings. The van der Waals surface area contributed by atoms with Gasteiger partial charge in [0.1, 0.15) is 6.04 Å². The molecule has 1 heterocycles. The lowest BCUT2D eigenvalue weighted by Gasteiger charge is -2.36. The van der Waals surface area contributed by atoms with Crippen molar-refractivity contribution in [2.45, 2.75) is 45.1 Å². The van der Waals surface area contributed by atoms with Gasteiger partial charge in [0, 0.05) is 34.3 Å². The van der Waals surface area contributed by atoms with Crippen molar-refractivity contribution in [2.24, 2.45) is 0 Å². The molecule has 1 atom stereocenters. The summed E-state index contributed by atoms with van der Waals surface area (Å²) in [6, 6.07) is -0.529. The van der Waals surface area contributed by atoms with E-state index in [2.05, 4.69) is 5.32 Å². The van der Waals surface area contributed by atoms with Gasteiger partial charge in [0.2, 0.25) is 11.8 Å². The molecule has 7 nitrogen and oxygen atoms in total. The normalized spacial score (nSPS) is 19.8. The quantitative estimate of drug-likeness (QED) is 0.698. The Bertz CT molecular complexity index is 354. The molecule has 0 aromatic carbocycles. The van der Waals surface area contributed by atoms with Crippen LogP contribution in [0.3, 0.4) is 0 Å². The molecule has 1 saturated heterocycles. The van der Waals surface area contributed by atoms with Gasteiger partial charge in [-0.1, -0.05) is 13.3 Å². The predicted molar refractivity (Wildman–Crippen MR) is 79.2 cm³/mol. The Balaban J connectivity index is 2.97. The van der Waals surface area contributed by atoms with Crippen molar-refractivity contribution in [1.82, 2.24) is 9.88 Å². The third-order valence-electron chi connectivity index (χ3n) is 3.60. The molecule has 1 aliphatic heterocycles. The molecule has 122 valence electrons. The van der Waals surface area contributed by atoms with Gasteiger partial charge in [-0.25, -0.2) is 0 Å². The molecule has 0 bridgehead atoms. The molecule has 0 aliphatic carbocycles. The van der Waals surface area contributed by atoms with Crippen LogP contribution in [0.2, 0.25) is 0 Å². The fourth-order valence-corrected chi connectivity index (χ4v) is 4.62. The topological polar surface area (TPSA) is 77.1 Å². The van der Waals surface area contributed by atoms with Crippen LogP contribution in [0, 0.1) is 0 Å². The smallest absolute Gasteiger partial charge is 0.360 e. The van der Waals surface area contributed by atoms with Gasteiger partial charge in [0.05, 0.1) is 0 Å². The number of nitrogens with one attached hydrogen (secondary N) is 1. The van der Waals surface area contributed by atoms with E-state index in [1.807, 2.05) is 6.92 Å². The van der Waals surface area contributed by atoms with E-state index in [1.54, 1.807) is 0 Å². The minimum Gasteiger partial charge on any atom is -0.360 e. The van der Waals surface area contributed by atoms with E-state index < -0.39 is 15.0 Å². The van der Waals surface area contributed by atoms with Gasteiger partial charge in [-0.15, -0.1) is 0 Å². The van der Waals surface area contributed by atoms with Gasteiger partial charge in [-0.05, 0) is 19.3 Å². The first kappa shape index (κ1) is 18.1. The average Bonchev–Trinajstić information content (AvgIpc) is 2.72. The van der Waals surface area contributed by atoms with Crippen LogP contribution in [0.1, 0.15) is 39.0 Å². The van der Waals surface area contributed by atoms with Crippen molar-refractivity contribution in [3.8, 4) is 0 Å². The highest BCUT2D eigenvalue weighted by Crippen LogP contribution is 2.18. The van der Waals surface area contributed by atoms with Gasteiger partial charge >= 0.3 is 8.97 Å². The van der Waals surface area contributed by atoms with Crippen LogP contribution in [-0.2, 0) is 22.9 Å². The zero-order valence-corrected chi connectivity index (χ0v) is 14.3. The van der Waals surface area contributed by atoms with Crippen molar-refractivity contribution in [2.75, 3.05) is 27.9 Å². The lowest BCUT2D eigenvalue weighted by atomic mass is 10.1. The van der Waals surface area contributed by atoms with Crippen LogP contribution >= 0.6 is 0 Å². The summed E-state index contributed by atoms with van der Waals surface area (Å²) in [5.74, 6) is -0.272. The Morgan fingerprint density at radius 2 is 1.90 bits per heavy atom. The van der Waals surface area contributed by atoms with Gasteiger partial charge in [-0.2, -0.15) is 0 Å². The van der Waals surface area contributed by atoms with E-state index in [0.717, 1.165) is 19.3 Å². The number of carbonyl (C=O) groups is 2. The first-order valence-electron chi connectivity index (χ1n) is 7.31. The van der Waals surface area contributed by atoms with Crippen molar-refractivity contribution in [3.63, 3.8) is 0 Å². The van der Waals surface area contributed by atoms with Crippen LogP contribution in [-0.4, -0.2) is 59.3 Å². The number of carbonyl (C=O) groups excluding carboxylic acids is 2. The molecule has 1 N–H and O–H groups in total. The lowest BCUT2D eigenvalue weighted by Crippen LogP contribution is -2.65. The zero-order chi connectivity index (χ0) is 15.9. The SMILES string of the molecule is CCCN(C(=O)C1CCCCC(=O)N1)[Si](OC)(OC)OC. The molecule has 8 heteroatoms. The standard InChI is InChI=1S/C13H26N2O5Si/c1-5-10-15(21(18-2,19-3)20-4)13(17)11-8-6-7-9-12(16)14-11/h11H,5-10H2,1-4H3,(H,14,16). The van der Waals surface area contributed by atoms with Gasteiger partial charge in [0.25, 0.3) is 0 Å². The number of nitrogens with zero attached hydrogens (tertiary/aromatic N) is 1. The van der Waals surface area contributed by atoms with E-state index in [4.69, 9.17) is 13.3 Å². The fourth-order valence-electron chi connectivity index (χ4n) is 2.53. The van der Waals surface area contributed by atoms with Crippen molar-refractivity contribution >= 4 is 20.8 Å². The Hall–Kier alpha value is -0.963. The van der Waals surface area contributed by atoms with Crippen LogP contribution < -0.4 is 5.32 Å². The third kappa shape index (κ3) is 4.25. The van der Waals surface area contributed by atoms with Crippen molar-refractivity contribution in [1.29, 1.82) is 0 Å². The number of rotatable bonds is 7. The van der Waals surface area contributed by atoms with Gasteiger partial charge in [-0.3, -0.25) is 14.2 Å². The van der Waals surface area contributed by atoms with Crippen LogP contribution in [0.4, 0.5) is 0 Å². The highest BCUT2D eigenvalue weighted by Gasteiger charge is 2.50.